The van der Waals surface area contributed by atoms with E-state index in [9.17, 15) is 13.2 Å². The number of nitrogens with one attached hydrogen (secondary N) is 2. The van der Waals surface area contributed by atoms with Gasteiger partial charge in [-0.25, -0.2) is 8.42 Å². The Bertz CT molecular complexity index is 1170. The van der Waals surface area contributed by atoms with Gasteiger partial charge in [-0.05, 0) is 86.0 Å². The van der Waals surface area contributed by atoms with Crippen LogP contribution in [-0.2, 0) is 10.0 Å². The van der Waals surface area contributed by atoms with Crippen LogP contribution in [0.4, 0.5) is 11.4 Å². The van der Waals surface area contributed by atoms with Gasteiger partial charge in [-0.3, -0.25) is 9.52 Å². The summed E-state index contributed by atoms with van der Waals surface area (Å²) >= 11 is 6.13. The van der Waals surface area contributed by atoms with Crippen molar-refractivity contribution in [1.82, 2.24) is 0 Å². The second kappa shape index (κ2) is 8.27. The van der Waals surface area contributed by atoms with Crippen LogP contribution in [0.3, 0.4) is 0 Å². The molecule has 0 fully saturated rings. The predicted molar refractivity (Wildman–Crippen MR) is 117 cm³/mol. The average molecular weight is 429 g/mol. The van der Waals surface area contributed by atoms with E-state index in [4.69, 9.17) is 11.6 Å². The van der Waals surface area contributed by atoms with E-state index in [0.717, 1.165) is 16.7 Å². The smallest absolute Gasteiger partial charge is 0.261 e. The molecule has 0 saturated heterocycles. The molecule has 0 atom stereocenters. The molecule has 29 heavy (non-hydrogen) atoms. The fourth-order valence-electron chi connectivity index (χ4n) is 2.74. The number of benzene rings is 3. The lowest BCUT2D eigenvalue weighted by Gasteiger charge is -2.11. The molecule has 3 rings (SSSR count). The van der Waals surface area contributed by atoms with Gasteiger partial charge in [0.25, 0.3) is 15.9 Å². The van der Waals surface area contributed by atoms with Crippen molar-refractivity contribution >= 4 is 38.9 Å². The SMILES string of the molecule is Cc1ccc(C(=O)Nc2ccc(S(=O)(=O)Nc3ccc(C)c(C)c3)cc2)c(Cl)c1. The van der Waals surface area contributed by atoms with Crippen LogP contribution in [-0.4, -0.2) is 14.3 Å². The van der Waals surface area contributed by atoms with Crippen LogP contribution >= 0.6 is 11.6 Å². The van der Waals surface area contributed by atoms with E-state index in [-0.39, 0.29) is 10.8 Å². The normalized spacial score (nSPS) is 11.2. The summed E-state index contributed by atoms with van der Waals surface area (Å²) in [7, 11) is -3.74. The topological polar surface area (TPSA) is 75.3 Å². The third-order valence-electron chi connectivity index (χ3n) is 4.55. The number of amides is 1. The molecule has 0 radical (unpaired) electrons. The van der Waals surface area contributed by atoms with Gasteiger partial charge < -0.3 is 5.32 Å². The molecule has 0 unspecified atom stereocenters. The highest BCUT2D eigenvalue weighted by Gasteiger charge is 2.15. The molecule has 150 valence electrons. The van der Waals surface area contributed by atoms with Gasteiger partial charge in [0.05, 0.1) is 15.5 Å². The summed E-state index contributed by atoms with van der Waals surface area (Å²) in [5, 5.41) is 3.08. The Balaban J connectivity index is 1.75. The molecule has 5 nitrogen and oxygen atoms in total. The molecule has 0 heterocycles. The second-order valence-corrected chi connectivity index (χ2v) is 8.96. The van der Waals surface area contributed by atoms with Gasteiger partial charge in [-0.15, -0.1) is 0 Å². The molecule has 0 aliphatic rings. The first-order valence-electron chi connectivity index (χ1n) is 8.93. The van der Waals surface area contributed by atoms with Crippen molar-refractivity contribution in [3.8, 4) is 0 Å². The standard InChI is InChI=1S/C22H21ClN2O3S/c1-14-4-11-20(21(23)12-14)22(26)24-17-7-9-19(10-8-17)29(27,28)25-18-6-5-15(2)16(3)13-18/h4-13,25H,1-3H3,(H,24,26). The van der Waals surface area contributed by atoms with Gasteiger partial charge in [0.15, 0.2) is 0 Å². The molecule has 0 aliphatic heterocycles. The molecule has 3 aromatic carbocycles. The number of rotatable bonds is 5. The van der Waals surface area contributed by atoms with Crippen LogP contribution in [0, 0.1) is 20.8 Å². The fraction of sp³-hybridized carbons (Fsp3) is 0.136. The van der Waals surface area contributed by atoms with Crippen molar-refractivity contribution in [2.24, 2.45) is 0 Å². The van der Waals surface area contributed by atoms with Gasteiger partial charge in [0.1, 0.15) is 0 Å². The molecule has 1 amide bonds. The van der Waals surface area contributed by atoms with Crippen molar-refractivity contribution in [3.63, 3.8) is 0 Å². The predicted octanol–water partition coefficient (Wildman–Crippen LogP) is 5.32. The zero-order valence-electron chi connectivity index (χ0n) is 16.3. The Morgan fingerprint density at radius 1 is 0.828 bits per heavy atom. The average Bonchev–Trinajstić information content (AvgIpc) is 2.65. The van der Waals surface area contributed by atoms with Crippen molar-refractivity contribution in [2.75, 3.05) is 10.0 Å². The van der Waals surface area contributed by atoms with Crippen LogP contribution in [0.25, 0.3) is 0 Å². The molecule has 0 aliphatic carbocycles. The quantitative estimate of drug-likeness (QED) is 0.577. The first kappa shape index (κ1) is 20.9. The summed E-state index contributed by atoms with van der Waals surface area (Å²) in [5.74, 6) is -0.362. The lowest BCUT2D eigenvalue weighted by Crippen LogP contribution is -2.14. The number of carbonyl (C=O) groups is 1. The van der Waals surface area contributed by atoms with Crippen molar-refractivity contribution < 1.29 is 13.2 Å². The minimum atomic E-state index is -3.74. The summed E-state index contributed by atoms with van der Waals surface area (Å²) in [6.45, 7) is 5.77. The van der Waals surface area contributed by atoms with E-state index in [1.807, 2.05) is 26.8 Å². The van der Waals surface area contributed by atoms with Gasteiger partial charge >= 0.3 is 0 Å². The van der Waals surface area contributed by atoms with Gasteiger partial charge in [-0.1, -0.05) is 23.7 Å². The number of anilines is 2. The number of hydrogen-bond donors (Lipinski definition) is 2. The number of aryl methyl sites for hydroxylation is 3. The first-order valence-corrected chi connectivity index (χ1v) is 10.8. The maximum Gasteiger partial charge on any atom is 0.261 e. The number of hydrogen-bond acceptors (Lipinski definition) is 3. The molecular formula is C22H21ClN2O3S. The summed E-state index contributed by atoms with van der Waals surface area (Å²) in [6.07, 6.45) is 0. The molecular weight excluding hydrogens is 408 g/mol. The number of halogens is 1. The summed E-state index contributed by atoms with van der Waals surface area (Å²) < 4.78 is 27.8. The van der Waals surface area contributed by atoms with Gasteiger partial charge in [0, 0.05) is 11.4 Å². The molecule has 3 aromatic rings. The highest BCUT2D eigenvalue weighted by Crippen LogP contribution is 2.22. The molecule has 0 spiro atoms. The van der Waals surface area contributed by atoms with Crippen LogP contribution < -0.4 is 10.0 Å². The molecule has 2 N–H and O–H groups in total. The van der Waals surface area contributed by atoms with E-state index in [0.29, 0.717) is 22.0 Å². The second-order valence-electron chi connectivity index (χ2n) is 6.87. The molecule has 0 bridgehead atoms. The largest absolute Gasteiger partial charge is 0.322 e. The summed E-state index contributed by atoms with van der Waals surface area (Å²) in [5.41, 5.74) is 4.36. The number of sulfonamides is 1. The van der Waals surface area contributed by atoms with Gasteiger partial charge in [-0.2, -0.15) is 0 Å². The van der Waals surface area contributed by atoms with Crippen molar-refractivity contribution in [1.29, 1.82) is 0 Å². The van der Waals surface area contributed by atoms with E-state index in [2.05, 4.69) is 10.0 Å². The summed E-state index contributed by atoms with van der Waals surface area (Å²) in [4.78, 5) is 12.5. The van der Waals surface area contributed by atoms with Crippen LogP contribution in [0.1, 0.15) is 27.0 Å². The molecule has 7 heteroatoms. The minimum absolute atomic E-state index is 0.0992. The maximum absolute atomic E-state index is 12.6. The first-order chi connectivity index (χ1) is 13.7. The van der Waals surface area contributed by atoms with Crippen LogP contribution in [0.15, 0.2) is 65.6 Å². The van der Waals surface area contributed by atoms with Crippen molar-refractivity contribution in [3.05, 3.63) is 87.9 Å². The number of carbonyl (C=O) groups excluding carboxylic acids is 1. The lowest BCUT2D eigenvalue weighted by molar-refractivity contribution is 0.102. The fourth-order valence-corrected chi connectivity index (χ4v) is 4.11. The van der Waals surface area contributed by atoms with E-state index < -0.39 is 10.0 Å². The third kappa shape index (κ3) is 4.96. The van der Waals surface area contributed by atoms with E-state index in [1.165, 1.54) is 24.3 Å². The van der Waals surface area contributed by atoms with Crippen LogP contribution in [0.2, 0.25) is 5.02 Å². The highest BCUT2D eigenvalue weighted by atomic mass is 35.5. The van der Waals surface area contributed by atoms with Crippen LogP contribution in [0.5, 0.6) is 0 Å². The Morgan fingerprint density at radius 3 is 2.10 bits per heavy atom. The zero-order valence-corrected chi connectivity index (χ0v) is 17.9. The summed E-state index contributed by atoms with van der Waals surface area (Å²) in [6, 6.07) is 16.5. The van der Waals surface area contributed by atoms with E-state index in [1.54, 1.807) is 30.3 Å². The Labute approximate surface area is 175 Å². The maximum atomic E-state index is 12.6. The third-order valence-corrected chi connectivity index (χ3v) is 6.26. The Kier molecular flexibility index (Phi) is 5.96. The highest BCUT2D eigenvalue weighted by molar-refractivity contribution is 7.92. The Hall–Kier alpha value is -2.83. The zero-order chi connectivity index (χ0) is 21.2. The molecule has 0 saturated carbocycles. The monoisotopic (exact) mass is 428 g/mol. The van der Waals surface area contributed by atoms with Gasteiger partial charge in [0.2, 0.25) is 0 Å². The minimum Gasteiger partial charge on any atom is -0.322 e. The van der Waals surface area contributed by atoms with Crippen molar-refractivity contribution in [2.45, 2.75) is 25.7 Å². The Morgan fingerprint density at radius 2 is 1.48 bits per heavy atom. The lowest BCUT2D eigenvalue weighted by atomic mass is 10.1. The molecule has 0 aromatic heterocycles. The van der Waals surface area contributed by atoms with E-state index >= 15 is 0 Å².